The largest absolute Gasteiger partial charge is 0.477 e. The van der Waals surface area contributed by atoms with E-state index in [1.54, 1.807) is 12.1 Å². The van der Waals surface area contributed by atoms with Gasteiger partial charge in [0.15, 0.2) is 0 Å². The Morgan fingerprint density at radius 2 is 2.35 bits per heavy atom. The minimum absolute atomic E-state index is 0.0461. The summed E-state index contributed by atoms with van der Waals surface area (Å²) in [6, 6.07) is 3.45. The number of aliphatic hydroxyl groups excluding tert-OH is 1. The summed E-state index contributed by atoms with van der Waals surface area (Å²) in [4.78, 5) is 16.7. The van der Waals surface area contributed by atoms with Crippen molar-refractivity contribution in [3.8, 4) is 0 Å². The summed E-state index contributed by atoms with van der Waals surface area (Å²) >= 11 is 0. The maximum Gasteiger partial charge on any atom is 0.354 e. The lowest BCUT2D eigenvalue weighted by Gasteiger charge is -2.36. The van der Waals surface area contributed by atoms with Crippen molar-refractivity contribution in [1.29, 1.82) is 0 Å². The van der Waals surface area contributed by atoms with Crippen LogP contribution in [0.15, 0.2) is 18.3 Å². The third-order valence-corrected chi connectivity index (χ3v) is 3.13. The van der Waals surface area contributed by atoms with Gasteiger partial charge in [-0.25, -0.2) is 9.78 Å². The number of hydrogen-bond acceptors (Lipinski definition) is 4. The third-order valence-electron chi connectivity index (χ3n) is 3.13. The fourth-order valence-electron chi connectivity index (χ4n) is 2.25. The molecule has 5 nitrogen and oxygen atoms in total. The number of piperidine rings is 1. The molecular formula is C12H16N2O3. The van der Waals surface area contributed by atoms with E-state index in [2.05, 4.69) is 9.88 Å². The number of carboxylic acid groups (broad SMARTS) is 1. The topological polar surface area (TPSA) is 73.7 Å². The molecule has 0 aliphatic carbocycles. The molecule has 92 valence electrons. The minimum atomic E-state index is -1.02. The van der Waals surface area contributed by atoms with Crippen molar-refractivity contribution < 1.29 is 15.0 Å². The lowest BCUT2D eigenvalue weighted by atomic mass is 10.0. The summed E-state index contributed by atoms with van der Waals surface area (Å²) in [5.74, 6) is -1.02. The van der Waals surface area contributed by atoms with Crippen LogP contribution in [-0.4, -0.2) is 40.4 Å². The second-order valence-corrected chi connectivity index (χ2v) is 4.23. The molecule has 1 saturated heterocycles. The number of aromatic carboxylic acids is 1. The summed E-state index contributed by atoms with van der Waals surface area (Å²) in [5.41, 5.74) is 0.876. The standard InChI is InChI=1S/C12H16N2O3/c15-8-10-3-1-2-6-14(10)9-4-5-13-11(7-9)12(16)17/h4-5,7,10,15H,1-3,6,8H2,(H,16,17). The molecular weight excluding hydrogens is 220 g/mol. The molecule has 0 aromatic carbocycles. The summed E-state index contributed by atoms with van der Waals surface area (Å²) < 4.78 is 0. The molecule has 0 radical (unpaired) electrons. The number of rotatable bonds is 3. The van der Waals surface area contributed by atoms with Gasteiger partial charge in [0.25, 0.3) is 0 Å². The normalized spacial score (nSPS) is 20.3. The molecule has 1 aliphatic heterocycles. The van der Waals surface area contributed by atoms with Crippen LogP contribution in [-0.2, 0) is 0 Å². The van der Waals surface area contributed by atoms with E-state index in [0.29, 0.717) is 0 Å². The second kappa shape index (κ2) is 5.14. The van der Waals surface area contributed by atoms with Crippen molar-refractivity contribution in [3.63, 3.8) is 0 Å². The molecule has 1 unspecified atom stereocenters. The van der Waals surface area contributed by atoms with Crippen LogP contribution >= 0.6 is 0 Å². The van der Waals surface area contributed by atoms with Gasteiger partial charge in [0, 0.05) is 18.4 Å². The Bertz CT molecular complexity index is 408. The van der Waals surface area contributed by atoms with Gasteiger partial charge in [0.2, 0.25) is 0 Å². The number of aromatic nitrogens is 1. The zero-order valence-electron chi connectivity index (χ0n) is 9.54. The van der Waals surface area contributed by atoms with Gasteiger partial charge in [-0.3, -0.25) is 0 Å². The molecule has 1 aliphatic rings. The van der Waals surface area contributed by atoms with Gasteiger partial charge in [-0.1, -0.05) is 0 Å². The Labute approximate surface area is 99.7 Å². The first-order chi connectivity index (χ1) is 8.22. The molecule has 5 heteroatoms. The van der Waals surface area contributed by atoms with Crippen LogP contribution in [0.5, 0.6) is 0 Å². The first-order valence-corrected chi connectivity index (χ1v) is 5.79. The van der Waals surface area contributed by atoms with Gasteiger partial charge < -0.3 is 15.1 Å². The van der Waals surface area contributed by atoms with Gasteiger partial charge in [0.1, 0.15) is 5.69 Å². The number of aliphatic hydroxyl groups is 1. The first-order valence-electron chi connectivity index (χ1n) is 5.79. The quantitative estimate of drug-likeness (QED) is 0.823. The Morgan fingerprint density at radius 3 is 3.06 bits per heavy atom. The summed E-state index contributed by atoms with van der Waals surface area (Å²) in [7, 11) is 0. The van der Waals surface area contributed by atoms with Crippen molar-refractivity contribution in [2.75, 3.05) is 18.1 Å². The molecule has 2 heterocycles. The zero-order chi connectivity index (χ0) is 12.3. The van der Waals surface area contributed by atoms with E-state index in [1.807, 2.05) is 0 Å². The molecule has 0 spiro atoms. The average Bonchev–Trinajstić information content (AvgIpc) is 2.39. The van der Waals surface area contributed by atoms with Crippen LogP contribution in [0.3, 0.4) is 0 Å². The van der Waals surface area contributed by atoms with Gasteiger partial charge in [0.05, 0.1) is 12.6 Å². The third kappa shape index (κ3) is 2.55. The van der Waals surface area contributed by atoms with Crippen molar-refractivity contribution >= 4 is 11.7 Å². The fourth-order valence-corrected chi connectivity index (χ4v) is 2.25. The Hall–Kier alpha value is -1.62. The van der Waals surface area contributed by atoms with E-state index in [0.717, 1.165) is 31.5 Å². The van der Waals surface area contributed by atoms with E-state index >= 15 is 0 Å². The summed E-state index contributed by atoms with van der Waals surface area (Å²) in [6.07, 6.45) is 4.63. The predicted octanol–water partition coefficient (Wildman–Crippen LogP) is 1.13. The highest BCUT2D eigenvalue weighted by Crippen LogP contribution is 2.24. The summed E-state index contributed by atoms with van der Waals surface area (Å²) in [5, 5.41) is 18.2. The van der Waals surface area contributed by atoms with Crippen molar-refractivity contribution in [1.82, 2.24) is 4.98 Å². The lowest BCUT2D eigenvalue weighted by Crippen LogP contribution is -2.42. The van der Waals surface area contributed by atoms with Gasteiger partial charge in [-0.15, -0.1) is 0 Å². The van der Waals surface area contributed by atoms with Crippen LogP contribution < -0.4 is 4.90 Å². The van der Waals surface area contributed by atoms with E-state index in [1.165, 1.54) is 6.20 Å². The summed E-state index contributed by atoms with van der Waals surface area (Å²) in [6.45, 7) is 0.957. The number of carbonyl (C=O) groups is 1. The van der Waals surface area contributed by atoms with Gasteiger partial charge in [-0.2, -0.15) is 0 Å². The van der Waals surface area contributed by atoms with E-state index < -0.39 is 5.97 Å². The number of hydrogen-bond donors (Lipinski definition) is 2. The minimum Gasteiger partial charge on any atom is -0.477 e. The highest BCUT2D eigenvalue weighted by Gasteiger charge is 2.22. The van der Waals surface area contributed by atoms with E-state index in [4.69, 9.17) is 5.11 Å². The maximum absolute atomic E-state index is 10.9. The molecule has 1 atom stereocenters. The average molecular weight is 236 g/mol. The molecule has 2 N–H and O–H groups in total. The van der Waals surface area contributed by atoms with Gasteiger partial charge in [-0.05, 0) is 31.4 Å². The van der Waals surface area contributed by atoms with Crippen molar-refractivity contribution in [3.05, 3.63) is 24.0 Å². The number of pyridine rings is 1. The lowest BCUT2D eigenvalue weighted by molar-refractivity contribution is 0.0690. The first kappa shape index (κ1) is 11.9. The SMILES string of the molecule is O=C(O)c1cc(N2CCCCC2CO)ccn1. The van der Waals surface area contributed by atoms with Crippen LogP contribution in [0.1, 0.15) is 29.8 Å². The zero-order valence-corrected chi connectivity index (χ0v) is 9.54. The monoisotopic (exact) mass is 236 g/mol. The van der Waals surface area contributed by atoms with E-state index in [9.17, 15) is 9.90 Å². The number of anilines is 1. The smallest absolute Gasteiger partial charge is 0.354 e. The number of carboxylic acids is 1. The molecule has 2 rings (SSSR count). The highest BCUT2D eigenvalue weighted by molar-refractivity contribution is 5.86. The van der Waals surface area contributed by atoms with Crippen molar-refractivity contribution in [2.45, 2.75) is 25.3 Å². The fraction of sp³-hybridized carbons (Fsp3) is 0.500. The maximum atomic E-state index is 10.9. The molecule has 1 fully saturated rings. The van der Waals surface area contributed by atoms with Crippen molar-refractivity contribution in [2.24, 2.45) is 0 Å². The molecule has 0 saturated carbocycles. The van der Waals surface area contributed by atoms with Crippen LogP contribution in [0.2, 0.25) is 0 Å². The molecule has 0 bridgehead atoms. The molecule has 1 aromatic rings. The number of nitrogens with zero attached hydrogens (tertiary/aromatic N) is 2. The molecule has 17 heavy (non-hydrogen) atoms. The van der Waals surface area contributed by atoms with Crippen LogP contribution in [0.4, 0.5) is 5.69 Å². The Morgan fingerprint density at radius 1 is 1.53 bits per heavy atom. The Kier molecular flexibility index (Phi) is 3.58. The molecule has 0 amide bonds. The second-order valence-electron chi connectivity index (χ2n) is 4.23. The van der Waals surface area contributed by atoms with Gasteiger partial charge >= 0.3 is 5.97 Å². The predicted molar refractivity (Wildman–Crippen MR) is 63.3 cm³/mol. The molecule has 1 aromatic heterocycles. The highest BCUT2D eigenvalue weighted by atomic mass is 16.4. The Balaban J connectivity index is 2.25. The van der Waals surface area contributed by atoms with Crippen LogP contribution in [0, 0.1) is 0 Å². The van der Waals surface area contributed by atoms with E-state index in [-0.39, 0.29) is 18.3 Å². The van der Waals surface area contributed by atoms with Crippen LogP contribution in [0.25, 0.3) is 0 Å².